The van der Waals surface area contributed by atoms with Gasteiger partial charge in [0, 0.05) is 37.1 Å². The van der Waals surface area contributed by atoms with E-state index < -0.39 is 5.60 Å². The van der Waals surface area contributed by atoms with Crippen molar-refractivity contribution in [2.24, 2.45) is 0 Å². The molecule has 3 N–H and O–H groups in total. The minimum Gasteiger partial charge on any atom is -0.390 e. The van der Waals surface area contributed by atoms with E-state index in [1.165, 1.54) is 12.5 Å². The van der Waals surface area contributed by atoms with Crippen molar-refractivity contribution in [2.45, 2.75) is 25.4 Å². The fourth-order valence-electron chi connectivity index (χ4n) is 2.50. The molecular weight excluding hydrogens is 292 g/mol. The zero-order valence-electron chi connectivity index (χ0n) is 13.0. The number of aromatic nitrogens is 3. The summed E-state index contributed by atoms with van der Waals surface area (Å²) in [6.45, 7) is 3.42. The van der Waals surface area contributed by atoms with Crippen molar-refractivity contribution in [2.75, 3.05) is 23.3 Å². The Morgan fingerprint density at radius 1 is 1.22 bits per heavy atom. The van der Waals surface area contributed by atoms with Crippen LogP contribution in [-0.4, -0.2) is 45.0 Å². The Hall–Kier alpha value is -2.54. The first-order valence-electron chi connectivity index (χ1n) is 7.59. The van der Waals surface area contributed by atoms with E-state index in [0.29, 0.717) is 11.6 Å². The highest BCUT2D eigenvalue weighted by Crippen LogP contribution is 2.25. The third-order valence-corrected chi connectivity index (χ3v) is 4.03. The summed E-state index contributed by atoms with van der Waals surface area (Å²) in [6, 6.07) is 5.50. The number of anilines is 3. The van der Waals surface area contributed by atoms with E-state index in [-0.39, 0.29) is 0 Å². The van der Waals surface area contributed by atoms with Crippen LogP contribution in [0.2, 0.25) is 0 Å². The number of rotatable bonds is 4. The molecule has 0 aromatic carbocycles. The van der Waals surface area contributed by atoms with Gasteiger partial charge in [-0.2, -0.15) is 0 Å². The van der Waals surface area contributed by atoms with Crippen molar-refractivity contribution in [3.63, 3.8) is 0 Å². The molecule has 0 aliphatic carbocycles. The van der Waals surface area contributed by atoms with Gasteiger partial charge in [0.05, 0.1) is 5.60 Å². The molecule has 1 aliphatic heterocycles. The molecule has 0 spiro atoms. The molecule has 1 fully saturated rings. The molecule has 0 radical (unpaired) electrons. The number of pyridine rings is 1. The molecule has 1 aliphatic rings. The minimum absolute atomic E-state index is 0.578. The van der Waals surface area contributed by atoms with Crippen LogP contribution in [0.25, 0.3) is 0 Å². The molecule has 2 aromatic heterocycles. The normalized spacial score (nSPS) is 16.9. The van der Waals surface area contributed by atoms with Crippen LogP contribution < -0.4 is 10.2 Å². The van der Waals surface area contributed by atoms with E-state index >= 15 is 0 Å². The van der Waals surface area contributed by atoms with E-state index in [9.17, 15) is 5.11 Å². The van der Waals surface area contributed by atoms with E-state index in [2.05, 4.69) is 25.2 Å². The van der Waals surface area contributed by atoms with Gasteiger partial charge in [0.2, 0.25) is 0 Å². The number of hydrogen-bond acceptors (Lipinski definition) is 7. The fourth-order valence-corrected chi connectivity index (χ4v) is 2.50. The van der Waals surface area contributed by atoms with Crippen molar-refractivity contribution in [3.8, 4) is 0 Å². The third-order valence-electron chi connectivity index (χ3n) is 4.03. The zero-order chi connectivity index (χ0) is 16.3. The Balaban J connectivity index is 1.71. The van der Waals surface area contributed by atoms with Crippen LogP contribution in [0.4, 0.5) is 17.5 Å². The molecule has 0 amide bonds. The maximum Gasteiger partial charge on any atom is 0.137 e. The van der Waals surface area contributed by atoms with Crippen LogP contribution in [-0.2, 0) is 0 Å². The summed E-state index contributed by atoms with van der Waals surface area (Å²) in [5, 5.41) is 20.3. The smallest absolute Gasteiger partial charge is 0.137 e. The van der Waals surface area contributed by atoms with Crippen LogP contribution in [0, 0.1) is 5.41 Å². The van der Waals surface area contributed by atoms with Crippen molar-refractivity contribution in [1.82, 2.24) is 15.0 Å². The lowest BCUT2D eigenvalue weighted by atomic mass is 9.94. The Bertz CT molecular complexity index is 675. The van der Waals surface area contributed by atoms with E-state index in [1.807, 2.05) is 19.1 Å². The highest BCUT2D eigenvalue weighted by atomic mass is 16.3. The quantitative estimate of drug-likeness (QED) is 0.747. The average molecular weight is 312 g/mol. The standard InChI is InChI=1S/C16H20N6O/c1-16(23)4-6-22(7-5-16)15-8-14(19-11-20-15)21-13-3-2-12(9-17)10-18-13/h2-3,8-11,17,23H,4-7H2,1H3,(H,18,19,20,21). The van der Waals surface area contributed by atoms with Crippen LogP contribution in [0.3, 0.4) is 0 Å². The molecule has 1 saturated heterocycles. The summed E-state index contributed by atoms with van der Waals surface area (Å²) in [6.07, 6.45) is 5.87. The lowest BCUT2D eigenvalue weighted by molar-refractivity contribution is 0.0350. The summed E-state index contributed by atoms with van der Waals surface area (Å²) in [5.41, 5.74) is 0.171. The summed E-state index contributed by atoms with van der Waals surface area (Å²) in [5.74, 6) is 2.18. The minimum atomic E-state index is -0.578. The molecule has 3 heterocycles. The van der Waals surface area contributed by atoms with Crippen molar-refractivity contribution < 1.29 is 5.11 Å². The molecular formula is C16H20N6O. The Morgan fingerprint density at radius 2 is 2.00 bits per heavy atom. The van der Waals surface area contributed by atoms with Gasteiger partial charge in [-0.05, 0) is 31.9 Å². The molecule has 7 heteroatoms. The molecule has 23 heavy (non-hydrogen) atoms. The summed E-state index contributed by atoms with van der Waals surface area (Å²) in [4.78, 5) is 14.9. The zero-order valence-corrected chi connectivity index (χ0v) is 13.0. The fraction of sp³-hybridized carbons (Fsp3) is 0.375. The predicted molar refractivity (Wildman–Crippen MR) is 89.5 cm³/mol. The molecule has 7 nitrogen and oxygen atoms in total. The summed E-state index contributed by atoms with van der Waals surface area (Å²) >= 11 is 0. The maximum atomic E-state index is 10.0. The molecule has 0 bridgehead atoms. The van der Waals surface area contributed by atoms with Crippen molar-refractivity contribution in [1.29, 1.82) is 5.41 Å². The first kappa shape index (κ1) is 15.4. The van der Waals surface area contributed by atoms with Crippen LogP contribution in [0.1, 0.15) is 25.3 Å². The molecule has 120 valence electrons. The molecule has 2 aromatic rings. The van der Waals surface area contributed by atoms with Gasteiger partial charge in [-0.3, -0.25) is 0 Å². The van der Waals surface area contributed by atoms with Crippen LogP contribution in [0.15, 0.2) is 30.7 Å². The Labute approximate surface area is 134 Å². The molecule has 0 atom stereocenters. The second-order valence-corrected chi connectivity index (χ2v) is 5.99. The van der Waals surface area contributed by atoms with Gasteiger partial charge >= 0.3 is 0 Å². The highest BCUT2D eigenvalue weighted by molar-refractivity contribution is 5.76. The predicted octanol–water partition coefficient (Wildman–Crippen LogP) is 1.96. The van der Waals surface area contributed by atoms with Crippen molar-refractivity contribution >= 4 is 23.7 Å². The SMILES string of the molecule is CC1(O)CCN(c2cc(Nc3ccc(C=N)cn3)ncn2)CC1. The summed E-state index contributed by atoms with van der Waals surface area (Å²) in [7, 11) is 0. The van der Waals surface area contributed by atoms with Crippen molar-refractivity contribution in [3.05, 3.63) is 36.3 Å². The van der Waals surface area contributed by atoms with Gasteiger partial charge in [0.15, 0.2) is 0 Å². The second kappa shape index (κ2) is 6.29. The van der Waals surface area contributed by atoms with E-state index in [0.717, 1.165) is 37.3 Å². The lowest BCUT2D eigenvalue weighted by Crippen LogP contribution is -2.42. The van der Waals surface area contributed by atoms with Gasteiger partial charge < -0.3 is 20.7 Å². The average Bonchev–Trinajstić information content (AvgIpc) is 2.56. The van der Waals surface area contributed by atoms with E-state index in [1.54, 1.807) is 12.3 Å². The lowest BCUT2D eigenvalue weighted by Gasteiger charge is -2.36. The summed E-state index contributed by atoms with van der Waals surface area (Å²) < 4.78 is 0. The monoisotopic (exact) mass is 312 g/mol. The molecule has 0 unspecified atom stereocenters. The number of hydrogen-bond donors (Lipinski definition) is 3. The largest absolute Gasteiger partial charge is 0.390 e. The first-order chi connectivity index (χ1) is 11.1. The van der Waals surface area contributed by atoms with Crippen LogP contribution >= 0.6 is 0 Å². The third kappa shape index (κ3) is 3.81. The van der Waals surface area contributed by atoms with Gasteiger partial charge in [0.25, 0.3) is 0 Å². The Kier molecular flexibility index (Phi) is 4.20. The van der Waals surface area contributed by atoms with E-state index in [4.69, 9.17) is 5.41 Å². The Morgan fingerprint density at radius 3 is 2.65 bits per heavy atom. The number of aliphatic hydroxyl groups is 1. The van der Waals surface area contributed by atoms with Crippen LogP contribution in [0.5, 0.6) is 0 Å². The highest BCUT2D eigenvalue weighted by Gasteiger charge is 2.27. The number of nitrogens with one attached hydrogen (secondary N) is 2. The second-order valence-electron chi connectivity index (χ2n) is 5.99. The first-order valence-corrected chi connectivity index (χ1v) is 7.59. The van der Waals surface area contributed by atoms with Gasteiger partial charge in [-0.1, -0.05) is 0 Å². The van der Waals surface area contributed by atoms with Gasteiger partial charge in [-0.25, -0.2) is 15.0 Å². The molecule has 0 saturated carbocycles. The number of nitrogens with zero attached hydrogens (tertiary/aromatic N) is 4. The topological polar surface area (TPSA) is 98.0 Å². The van der Waals surface area contributed by atoms with Gasteiger partial charge in [0.1, 0.15) is 23.8 Å². The molecule has 3 rings (SSSR count). The maximum absolute atomic E-state index is 10.0. The number of piperidine rings is 1. The van der Waals surface area contributed by atoms with Gasteiger partial charge in [-0.15, -0.1) is 0 Å².